The molecule has 0 radical (unpaired) electrons. The molecule has 0 fully saturated rings. The van der Waals surface area contributed by atoms with E-state index in [0.717, 1.165) is 0 Å². The Morgan fingerprint density at radius 1 is 0.893 bits per heavy atom. The summed E-state index contributed by atoms with van der Waals surface area (Å²) in [6.07, 6.45) is 1.46. The van der Waals surface area contributed by atoms with E-state index in [1.807, 2.05) is 0 Å². The number of hydrogen-bond donors (Lipinski definition) is 0. The van der Waals surface area contributed by atoms with Crippen molar-refractivity contribution in [3.63, 3.8) is 0 Å². The molecule has 0 saturated carbocycles. The van der Waals surface area contributed by atoms with E-state index in [1.54, 1.807) is 18.2 Å². The van der Waals surface area contributed by atoms with Crippen LogP contribution in [-0.4, -0.2) is 38.5 Å². The van der Waals surface area contributed by atoms with Crippen LogP contribution in [0.3, 0.4) is 0 Å². The minimum Gasteiger partial charge on any atom is -0.493 e. The summed E-state index contributed by atoms with van der Waals surface area (Å²) in [5.41, 5.74) is 2.32. The molecular weight excluding hydrogens is 368 g/mol. The second-order valence-electron chi connectivity index (χ2n) is 5.61. The molecule has 0 saturated heterocycles. The van der Waals surface area contributed by atoms with Crippen LogP contribution in [0, 0.1) is 10.1 Å². The van der Waals surface area contributed by atoms with Gasteiger partial charge < -0.3 is 23.5 Å². The van der Waals surface area contributed by atoms with Crippen LogP contribution < -0.4 is 18.9 Å². The van der Waals surface area contributed by atoms with Gasteiger partial charge in [-0.1, -0.05) is 5.16 Å². The van der Waals surface area contributed by atoms with Crippen molar-refractivity contribution in [1.29, 1.82) is 0 Å². The van der Waals surface area contributed by atoms with Gasteiger partial charge in [-0.3, -0.25) is 10.1 Å². The number of methoxy groups -OCH3 is 4. The monoisotopic (exact) mass is 386 g/mol. The van der Waals surface area contributed by atoms with Gasteiger partial charge in [-0.15, -0.1) is 0 Å². The highest BCUT2D eigenvalue weighted by molar-refractivity contribution is 5.87. The Hall–Kier alpha value is -3.75. The second-order valence-corrected chi connectivity index (χ2v) is 5.61. The number of benzene rings is 2. The van der Waals surface area contributed by atoms with E-state index in [2.05, 4.69) is 5.16 Å². The molecule has 0 aliphatic heterocycles. The molecule has 9 heteroatoms. The molecule has 0 aliphatic rings. The highest BCUT2D eigenvalue weighted by atomic mass is 16.6. The van der Waals surface area contributed by atoms with Gasteiger partial charge in [-0.2, -0.15) is 0 Å². The Morgan fingerprint density at radius 3 is 2.07 bits per heavy atom. The number of ether oxygens (including phenoxy) is 4. The first-order chi connectivity index (χ1) is 13.5. The Morgan fingerprint density at radius 2 is 1.54 bits per heavy atom. The van der Waals surface area contributed by atoms with Gasteiger partial charge >= 0.3 is 0 Å². The molecule has 1 aromatic heterocycles. The summed E-state index contributed by atoms with van der Waals surface area (Å²) in [6, 6.07) is 7.73. The largest absolute Gasteiger partial charge is 0.493 e. The Labute approximate surface area is 160 Å². The van der Waals surface area contributed by atoms with Crippen molar-refractivity contribution in [3.8, 4) is 45.4 Å². The SMILES string of the molecule is COc1cc(-c2conc2-c2ccc([N+](=O)[O-])cc2)c(OC)c(OC)c1OC. The van der Waals surface area contributed by atoms with E-state index in [1.165, 1.54) is 46.8 Å². The molecule has 0 bridgehead atoms. The number of nitro benzene ring substituents is 1. The summed E-state index contributed by atoms with van der Waals surface area (Å²) in [4.78, 5) is 10.4. The quantitative estimate of drug-likeness (QED) is 0.444. The van der Waals surface area contributed by atoms with Crippen molar-refractivity contribution in [2.45, 2.75) is 0 Å². The van der Waals surface area contributed by atoms with Gasteiger partial charge in [0.15, 0.2) is 11.5 Å². The lowest BCUT2D eigenvalue weighted by atomic mass is 9.99. The first-order valence-corrected chi connectivity index (χ1v) is 8.12. The highest BCUT2D eigenvalue weighted by Crippen LogP contribution is 2.51. The Balaban J connectivity index is 2.20. The number of non-ortho nitro benzene ring substituents is 1. The standard InChI is InChI=1S/C19H18N2O7/c1-24-15-9-13(17(25-2)19(27-4)18(15)26-3)14-10-28-20-16(14)11-5-7-12(8-6-11)21(22)23/h5-10H,1-4H3. The number of rotatable bonds is 7. The maximum Gasteiger partial charge on any atom is 0.269 e. The molecule has 0 aliphatic carbocycles. The molecule has 0 atom stereocenters. The third-order valence-electron chi connectivity index (χ3n) is 4.20. The van der Waals surface area contributed by atoms with E-state index in [9.17, 15) is 10.1 Å². The van der Waals surface area contributed by atoms with Crippen LogP contribution in [0.5, 0.6) is 23.0 Å². The molecule has 3 aromatic rings. The molecule has 3 rings (SSSR count). The third kappa shape index (κ3) is 3.18. The molecule has 28 heavy (non-hydrogen) atoms. The Kier molecular flexibility index (Phi) is 5.35. The van der Waals surface area contributed by atoms with E-state index < -0.39 is 4.92 Å². The molecule has 0 amide bonds. The summed E-state index contributed by atoms with van der Waals surface area (Å²) >= 11 is 0. The molecule has 9 nitrogen and oxygen atoms in total. The topological polar surface area (TPSA) is 106 Å². The third-order valence-corrected chi connectivity index (χ3v) is 4.20. The van der Waals surface area contributed by atoms with Crippen molar-refractivity contribution in [1.82, 2.24) is 5.16 Å². The molecule has 2 aromatic carbocycles. The van der Waals surface area contributed by atoms with Crippen molar-refractivity contribution >= 4 is 5.69 Å². The number of nitrogens with zero attached hydrogens (tertiary/aromatic N) is 2. The van der Waals surface area contributed by atoms with Crippen LogP contribution in [0.15, 0.2) is 41.1 Å². The second kappa shape index (κ2) is 7.87. The average Bonchev–Trinajstić information content (AvgIpc) is 3.21. The maximum absolute atomic E-state index is 10.9. The van der Waals surface area contributed by atoms with E-state index in [4.69, 9.17) is 23.5 Å². The molecule has 146 valence electrons. The summed E-state index contributed by atoms with van der Waals surface area (Å²) in [5.74, 6) is 1.59. The minimum atomic E-state index is -0.463. The summed E-state index contributed by atoms with van der Waals surface area (Å²) in [5, 5.41) is 14.9. The van der Waals surface area contributed by atoms with Crippen molar-refractivity contribution in [3.05, 3.63) is 46.7 Å². The van der Waals surface area contributed by atoms with Gasteiger partial charge in [0, 0.05) is 23.3 Å². The smallest absolute Gasteiger partial charge is 0.269 e. The van der Waals surface area contributed by atoms with E-state index in [-0.39, 0.29) is 5.69 Å². The molecular formula is C19H18N2O7. The van der Waals surface area contributed by atoms with E-state index >= 15 is 0 Å². The van der Waals surface area contributed by atoms with Crippen LogP contribution >= 0.6 is 0 Å². The van der Waals surface area contributed by atoms with Crippen LogP contribution in [0.2, 0.25) is 0 Å². The van der Waals surface area contributed by atoms with Gasteiger partial charge in [0.25, 0.3) is 5.69 Å². The predicted octanol–water partition coefficient (Wildman–Crippen LogP) is 3.95. The first kappa shape index (κ1) is 19.0. The van der Waals surface area contributed by atoms with Crippen LogP contribution in [0.25, 0.3) is 22.4 Å². The lowest BCUT2D eigenvalue weighted by Gasteiger charge is -2.18. The van der Waals surface area contributed by atoms with Gasteiger partial charge in [-0.05, 0) is 18.2 Å². The molecule has 0 unspecified atom stereocenters. The highest BCUT2D eigenvalue weighted by Gasteiger charge is 2.25. The Bertz CT molecular complexity index is 996. The normalized spacial score (nSPS) is 10.4. The zero-order chi connectivity index (χ0) is 20.3. The summed E-state index contributed by atoms with van der Waals surface area (Å²) in [7, 11) is 6.01. The number of aromatic nitrogens is 1. The fourth-order valence-electron chi connectivity index (χ4n) is 2.91. The number of nitro groups is 1. The van der Waals surface area contributed by atoms with E-state index in [0.29, 0.717) is 45.4 Å². The average molecular weight is 386 g/mol. The van der Waals surface area contributed by atoms with Gasteiger partial charge in [0.05, 0.1) is 38.9 Å². The van der Waals surface area contributed by atoms with Crippen molar-refractivity contribution in [2.24, 2.45) is 0 Å². The van der Waals surface area contributed by atoms with Crippen LogP contribution in [-0.2, 0) is 0 Å². The van der Waals surface area contributed by atoms with Gasteiger partial charge in [-0.25, -0.2) is 0 Å². The predicted molar refractivity (Wildman–Crippen MR) is 100 cm³/mol. The molecule has 0 N–H and O–H groups in total. The minimum absolute atomic E-state index is 0.0147. The van der Waals surface area contributed by atoms with Crippen molar-refractivity contribution < 1.29 is 28.4 Å². The summed E-state index contributed by atoms with van der Waals surface area (Å²) < 4.78 is 27.0. The van der Waals surface area contributed by atoms with Crippen molar-refractivity contribution in [2.75, 3.05) is 28.4 Å². The van der Waals surface area contributed by atoms with Gasteiger partial charge in [0.1, 0.15) is 12.0 Å². The first-order valence-electron chi connectivity index (χ1n) is 8.12. The fourth-order valence-corrected chi connectivity index (χ4v) is 2.91. The summed E-state index contributed by atoms with van der Waals surface area (Å²) in [6.45, 7) is 0. The maximum atomic E-state index is 10.9. The zero-order valence-corrected chi connectivity index (χ0v) is 15.7. The lowest BCUT2D eigenvalue weighted by molar-refractivity contribution is -0.384. The fraction of sp³-hybridized carbons (Fsp3) is 0.211. The number of hydrogen-bond acceptors (Lipinski definition) is 8. The molecule has 1 heterocycles. The van der Waals surface area contributed by atoms with Gasteiger partial charge in [0.2, 0.25) is 11.5 Å². The van der Waals surface area contributed by atoms with Crippen LogP contribution in [0.4, 0.5) is 5.69 Å². The molecule has 0 spiro atoms. The zero-order valence-electron chi connectivity index (χ0n) is 15.7. The van der Waals surface area contributed by atoms with Crippen LogP contribution in [0.1, 0.15) is 0 Å². The lowest BCUT2D eigenvalue weighted by Crippen LogP contribution is -2.00.